The predicted octanol–water partition coefficient (Wildman–Crippen LogP) is 4.27. The first kappa shape index (κ1) is 21.6. The molecule has 4 heterocycles. The van der Waals surface area contributed by atoms with Crippen LogP contribution >= 0.6 is 0 Å². The van der Waals surface area contributed by atoms with Crippen LogP contribution in [0.4, 0.5) is 0 Å². The van der Waals surface area contributed by atoms with Crippen molar-refractivity contribution in [2.24, 2.45) is 0 Å². The molecule has 33 heavy (non-hydrogen) atoms. The minimum Gasteiger partial charge on any atom is -0.354 e. The second kappa shape index (κ2) is 8.63. The summed E-state index contributed by atoms with van der Waals surface area (Å²) in [6.07, 6.45) is 5.66. The van der Waals surface area contributed by atoms with Gasteiger partial charge in [0.15, 0.2) is 5.65 Å². The van der Waals surface area contributed by atoms with Crippen LogP contribution < -0.4 is 0 Å². The average molecular weight is 445 g/mol. The van der Waals surface area contributed by atoms with Gasteiger partial charge in [-0.05, 0) is 74.2 Å². The first-order valence-corrected chi connectivity index (χ1v) is 11.8. The third kappa shape index (κ3) is 4.13. The number of carbonyl (C=O) groups is 1. The van der Waals surface area contributed by atoms with Crippen LogP contribution in [0.5, 0.6) is 0 Å². The molecule has 7 nitrogen and oxygen atoms in total. The average Bonchev–Trinajstić information content (AvgIpc) is 3.42. The Morgan fingerprint density at radius 1 is 1.18 bits per heavy atom. The van der Waals surface area contributed by atoms with Gasteiger partial charge in [0.05, 0.1) is 12.2 Å². The van der Waals surface area contributed by atoms with Crippen LogP contribution in [0.25, 0.3) is 27.8 Å². The van der Waals surface area contributed by atoms with Crippen molar-refractivity contribution >= 4 is 22.5 Å². The van der Waals surface area contributed by atoms with E-state index in [4.69, 9.17) is 0 Å². The van der Waals surface area contributed by atoms with E-state index in [0.29, 0.717) is 18.4 Å². The number of nitrogens with zero attached hydrogens (tertiary/aromatic N) is 5. The number of aromatic amines is 1. The minimum absolute atomic E-state index is 0.232. The lowest BCUT2D eigenvalue weighted by Crippen LogP contribution is -2.42. The number of nitrogens with one attached hydrogen (secondary N) is 1. The van der Waals surface area contributed by atoms with Crippen molar-refractivity contribution in [2.75, 3.05) is 33.7 Å². The summed E-state index contributed by atoms with van der Waals surface area (Å²) >= 11 is 0. The number of carbonyl (C=O) groups excluding carboxylic acids is 1. The van der Waals surface area contributed by atoms with Gasteiger partial charge in [0, 0.05) is 35.8 Å². The molecule has 0 atom stereocenters. The summed E-state index contributed by atoms with van der Waals surface area (Å²) in [6.45, 7) is 6.66. The molecule has 172 valence electrons. The van der Waals surface area contributed by atoms with Gasteiger partial charge in [0.2, 0.25) is 5.91 Å². The maximum atomic E-state index is 12.4. The Bertz CT molecular complexity index is 1290. The van der Waals surface area contributed by atoms with Crippen LogP contribution in [-0.2, 0) is 4.79 Å². The third-order valence-corrected chi connectivity index (χ3v) is 6.77. The van der Waals surface area contributed by atoms with Crippen LogP contribution in [0.1, 0.15) is 49.7 Å². The molecule has 0 spiro atoms. The van der Waals surface area contributed by atoms with Crippen molar-refractivity contribution in [3.63, 3.8) is 0 Å². The molecule has 0 bridgehead atoms. The molecule has 0 unspecified atom stereocenters. The molecule has 1 aliphatic rings. The molecule has 1 aromatic carbocycles. The Balaban J connectivity index is 1.44. The van der Waals surface area contributed by atoms with Crippen molar-refractivity contribution < 1.29 is 4.79 Å². The number of aromatic nitrogens is 4. The number of piperidine rings is 1. The number of rotatable bonds is 5. The number of amides is 1. The molecule has 0 saturated carbocycles. The molecule has 1 N–H and O–H groups in total. The number of pyridine rings is 1. The zero-order valence-corrected chi connectivity index (χ0v) is 19.9. The molecule has 7 heteroatoms. The number of hydrogen-bond donors (Lipinski definition) is 1. The highest BCUT2D eigenvalue weighted by Crippen LogP contribution is 2.38. The summed E-state index contributed by atoms with van der Waals surface area (Å²) in [7, 11) is 3.89. The van der Waals surface area contributed by atoms with E-state index in [1.807, 2.05) is 40.7 Å². The highest BCUT2D eigenvalue weighted by atomic mass is 16.2. The normalized spacial score (nSPS) is 15.4. The van der Waals surface area contributed by atoms with E-state index < -0.39 is 0 Å². The Labute approximate surface area is 194 Å². The van der Waals surface area contributed by atoms with Crippen LogP contribution in [0.3, 0.4) is 0 Å². The number of hydrogen-bond acceptors (Lipinski definition) is 4. The quantitative estimate of drug-likeness (QED) is 0.499. The van der Waals surface area contributed by atoms with Crippen LogP contribution in [0.2, 0.25) is 0 Å². The predicted molar refractivity (Wildman–Crippen MR) is 131 cm³/mol. The van der Waals surface area contributed by atoms with Crippen LogP contribution in [0, 0.1) is 0 Å². The lowest BCUT2D eigenvalue weighted by Gasteiger charge is -2.33. The maximum Gasteiger partial charge on any atom is 0.236 e. The number of benzene rings is 1. The van der Waals surface area contributed by atoms with E-state index in [1.165, 1.54) is 16.5 Å². The zero-order valence-electron chi connectivity index (χ0n) is 19.9. The Hall–Kier alpha value is -3.19. The summed E-state index contributed by atoms with van der Waals surface area (Å²) in [5.41, 5.74) is 6.99. The number of likely N-dealkylation sites (N-methyl/N-ethyl adjacent to an activating group) is 1. The molecule has 1 fully saturated rings. The van der Waals surface area contributed by atoms with Crippen molar-refractivity contribution in [1.82, 2.24) is 29.4 Å². The highest BCUT2D eigenvalue weighted by molar-refractivity contribution is 5.92. The first-order valence-electron chi connectivity index (χ1n) is 11.8. The summed E-state index contributed by atoms with van der Waals surface area (Å²) in [4.78, 5) is 24.3. The lowest BCUT2D eigenvalue weighted by molar-refractivity contribution is -0.132. The minimum atomic E-state index is 0.232. The molecule has 1 saturated heterocycles. The number of likely N-dealkylation sites (tertiary alicyclic amines) is 1. The van der Waals surface area contributed by atoms with Crippen LogP contribution in [-0.4, -0.2) is 69.0 Å². The summed E-state index contributed by atoms with van der Waals surface area (Å²) < 4.78 is 1.82. The number of fused-ring (bicyclic) bond motifs is 2. The molecule has 0 radical (unpaired) electrons. The zero-order chi connectivity index (χ0) is 23.1. The molecular formula is C26H32N6O. The van der Waals surface area contributed by atoms with E-state index in [9.17, 15) is 4.79 Å². The van der Waals surface area contributed by atoms with Crippen molar-refractivity contribution in [3.05, 3.63) is 54.0 Å². The molecular weight excluding hydrogens is 412 g/mol. The fourth-order valence-electron chi connectivity index (χ4n) is 5.11. The van der Waals surface area contributed by atoms with Gasteiger partial charge in [0.1, 0.15) is 6.33 Å². The Kier molecular flexibility index (Phi) is 5.66. The van der Waals surface area contributed by atoms with E-state index in [1.54, 1.807) is 6.33 Å². The Morgan fingerprint density at radius 2 is 1.97 bits per heavy atom. The summed E-state index contributed by atoms with van der Waals surface area (Å²) in [5, 5.41) is 5.60. The fourth-order valence-corrected chi connectivity index (χ4v) is 5.11. The maximum absolute atomic E-state index is 12.4. The largest absolute Gasteiger partial charge is 0.354 e. The van der Waals surface area contributed by atoms with E-state index in [2.05, 4.69) is 53.2 Å². The first-order chi connectivity index (χ1) is 15.9. The summed E-state index contributed by atoms with van der Waals surface area (Å²) in [6, 6.07) is 11.0. The number of H-pyrrole nitrogens is 1. The van der Waals surface area contributed by atoms with Gasteiger partial charge in [-0.15, -0.1) is 0 Å². The molecule has 1 aliphatic heterocycles. The molecule has 3 aromatic heterocycles. The monoisotopic (exact) mass is 444 g/mol. The van der Waals surface area contributed by atoms with Gasteiger partial charge in [-0.1, -0.05) is 19.9 Å². The van der Waals surface area contributed by atoms with Crippen molar-refractivity contribution in [2.45, 2.75) is 38.5 Å². The smallest absolute Gasteiger partial charge is 0.236 e. The van der Waals surface area contributed by atoms with Crippen molar-refractivity contribution in [3.8, 4) is 11.3 Å². The summed E-state index contributed by atoms with van der Waals surface area (Å²) in [5.74, 6) is 1.10. The second-order valence-corrected chi connectivity index (χ2v) is 9.75. The van der Waals surface area contributed by atoms with Gasteiger partial charge in [-0.25, -0.2) is 9.50 Å². The topological polar surface area (TPSA) is 69.5 Å². The molecule has 5 rings (SSSR count). The molecule has 0 aliphatic carbocycles. The SMILES string of the molecule is CC(C)c1c(-c2ccc3ncnn3c2)[nH]c2ccc(C3CCN(C(=O)CN(C)C)CC3)cc12. The Morgan fingerprint density at radius 3 is 2.70 bits per heavy atom. The van der Waals surface area contributed by atoms with E-state index >= 15 is 0 Å². The molecule has 1 amide bonds. The van der Waals surface area contributed by atoms with E-state index in [0.717, 1.165) is 48.4 Å². The van der Waals surface area contributed by atoms with Gasteiger partial charge in [-0.3, -0.25) is 4.79 Å². The van der Waals surface area contributed by atoms with E-state index in [-0.39, 0.29) is 5.91 Å². The van der Waals surface area contributed by atoms with Crippen LogP contribution in [0.15, 0.2) is 42.9 Å². The third-order valence-electron chi connectivity index (χ3n) is 6.77. The highest BCUT2D eigenvalue weighted by Gasteiger charge is 2.25. The fraction of sp³-hybridized carbons (Fsp3) is 0.423. The van der Waals surface area contributed by atoms with Gasteiger partial charge in [0.25, 0.3) is 0 Å². The van der Waals surface area contributed by atoms with Gasteiger partial charge < -0.3 is 14.8 Å². The van der Waals surface area contributed by atoms with Crippen molar-refractivity contribution in [1.29, 1.82) is 0 Å². The van der Waals surface area contributed by atoms with Gasteiger partial charge in [-0.2, -0.15) is 5.10 Å². The second-order valence-electron chi connectivity index (χ2n) is 9.75. The lowest BCUT2D eigenvalue weighted by atomic mass is 9.87. The molecule has 4 aromatic rings. The standard InChI is InChI=1S/C26H32N6O/c1-17(2)25-21-13-19(18-9-11-31(12-10-18)24(33)15-30(3)4)5-7-22(21)29-26(25)20-6-8-23-27-16-28-32(23)14-20/h5-8,13-14,16-18,29H,9-12,15H2,1-4H3. The van der Waals surface area contributed by atoms with Gasteiger partial charge >= 0.3 is 0 Å².